The molecule has 2 N–H and O–H groups in total. The van der Waals surface area contributed by atoms with Gasteiger partial charge in [-0.3, -0.25) is 0 Å². The standard InChI is InChI=1S/C19H21N/c1-2-3-4-5-16-6-10-18(11-7-16)19-12-8-17(9-13-19)14-15-20/h6-13H,2-3,14-15,20H2,1H3. The van der Waals surface area contributed by atoms with Crippen LogP contribution in [0.1, 0.15) is 30.9 Å². The van der Waals surface area contributed by atoms with Crippen molar-refractivity contribution in [2.45, 2.75) is 26.2 Å². The fourth-order valence-corrected chi connectivity index (χ4v) is 2.07. The molecule has 1 heteroatoms. The van der Waals surface area contributed by atoms with Crippen molar-refractivity contribution in [2.24, 2.45) is 5.73 Å². The zero-order valence-corrected chi connectivity index (χ0v) is 12.0. The molecule has 0 saturated heterocycles. The van der Waals surface area contributed by atoms with Gasteiger partial charge in [-0.2, -0.15) is 0 Å². The van der Waals surface area contributed by atoms with Gasteiger partial charge in [0.1, 0.15) is 0 Å². The van der Waals surface area contributed by atoms with Crippen molar-refractivity contribution >= 4 is 0 Å². The van der Waals surface area contributed by atoms with Gasteiger partial charge in [-0.05, 0) is 48.2 Å². The van der Waals surface area contributed by atoms with Crippen LogP contribution in [0.15, 0.2) is 48.5 Å². The Morgan fingerprint density at radius 3 is 2.05 bits per heavy atom. The molecule has 0 heterocycles. The summed E-state index contributed by atoms with van der Waals surface area (Å²) in [5.41, 5.74) is 10.4. The van der Waals surface area contributed by atoms with Gasteiger partial charge in [0.05, 0.1) is 0 Å². The average Bonchev–Trinajstić information content (AvgIpc) is 2.49. The average molecular weight is 263 g/mol. The van der Waals surface area contributed by atoms with Crippen molar-refractivity contribution in [1.29, 1.82) is 0 Å². The molecule has 0 amide bonds. The first kappa shape index (κ1) is 14.4. The largest absolute Gasteiger partial charge is 0.330 e. The van der Waals surface area contributed by atoms with Crippen molar-refractivity contribution in [3.63, 3.8) is 0 Å². The minimum Gasteiger partial charge on any atom is -0.330 e. The lowest BCUT2D eigenvalue weighted by molar-refractivity contribution is 0.969. The first-order chi connectivity index (χ1) is 9.83. The molecule has 2 aromatic rings. The molecule has 2 aromatic carbocycles. The van der Waals surface area contributed by atoms with Gasteiger partial charge < -0.3 is 5.73 Å². The second-order valence-corrected chi connectivity index (χ2v) is 4.86. The molecule has 0 aromatic heterocycles. The van der Waals surface area contributed by atoms with Crippen LogP contribution in [-0.4, -0.2) is 6.54 Å². The van der Waals surface area contributed by atoms with Crippen molar-refractivity contribution < 1.29 is 0 Å². The lowest BCUT2D eigenvalue weighted by Crippen LogP contribution is -2.02. The van der Waals surface area contributed by atoms with Crippen molar-refractivity contribution in [1.82, 2.24) is 0 Å². The highest BCUT2D eigenvalue weighted by molar-refractivity contribution is 5.64. The topological polar surface area (TPSA) is 26.0 Å². The lowest BCUT2D eigenvalue weighted by Gasteiger charge is -2.04. The first-order valence-corrected chi connectivity index (χ1v) is 7.22. The third-order valence-electron chi connectivity index (χ3n) is 3.21. The normalized spacial score (nSPS) is 9.90. The van der Waals surface area contributed by atoms with Gasteiger partial charge >= 0.3 is 0 Å². The smallest absolute Gasteiger partial charge is 0.0245 e. The summed E-state index contributed by atoms with van der Waals surface area (Å²) in [4.78, 5) is 0. The van der Waals surface area contributed by atoms with Gasteiger partial charge in [0.25, 0.3) is 0 Å². The van der Waals surface area contributed by atoms with Crippen LogP contribution in [0.3, 0.4) is 0 Å². The summed E-state index contributed by atoms with van der Waals surface area (Å²) in [5.74, 6) is 6.36. The second kappa shape index (κ2) is 7.53. The van der Waals surface area contributed by atoms with Gasteiger partial charge in [0, 0.05) is 12.0 Å². The zero-order valence-electron chi connectivity index (χ0n) is 12.0. The van der Waals surface area contributed by atoms with E-state index in [1.54, 1.807) is 0 Å². The molecule has 0 fully saturated rings. The van der Waals surface area contributed by atoms with Crippen LogP contribution >= 0.6 is 0 Å². The maximum Gasteiger partial charge on any atom is 0.0245 e. The van der Waals surface area contributed by atoms with E-state index in [0.717, 1.165) is 24.8 Å². The maximum absolute atomic E-state index is 5.56. The van der Waals surface area contributed by atoms with E-state index in [1.165, 1.54) is 16.7 Å². The number of unbranched alkanes of at least 4 members (excludes halogenated alkanes) is 1. The van der Waals surface area contributed by atoms with E-state index in [4.69, 9.17) is 5.73 Å². The summed E-state index contributed by atoms with van der Waals surface area (Å²) in [6.07, 6.45) is 3.01. The Balaban J connectivity index is 2.11. The van der Waals surface area contributed by atoms with Crippen molar-refractivity contribution in [2.75, 3.05) is 6.54 Å². The summed E-state index contributed by atoms with van der Waals surface area (Å²) >= 11 is 0. The molecule has 0 saturated carbocycles. The Labute approximate surface area is 121 Å². The van der Waals surface area contributed by atoms with Crippen molar-refractivity contribution in [3.05, 3.63) is 59.7 Å². The van der Waals surface area contributed by atoms with E-state index in [2.05, 4.69) is 67.3 Å². The molecule has 20 heavy (non-hydrogen) atoms. The number of hydrogen-bond donors (Lipinski definition) is 1. The molecular weight excluding hydrogens is 242 g/mol. The number of benzene rings is 2. The van der Waals surface area contributed by atoms with Crippen LogP contribution < -0.4 is 5.73 Å². The fraction of sp³-hybridized carbons (Fsp3) is 0.263. The molecular formula is C19H21N. The number of rotatable bonds is 4. The van der Waals surface area contributed by atoms with E-state index < -0.39 is 0 Å². The highest BCUT2D eigenvalue weighted by atomic mass is 14.5. The van der Waals surface area contributed by atoms with E-state index in [9.17, 15) is 0 Å². The highest BCUT2D eigenvalue weighted by Gasteiger charge is 1.98. The predicted molar refractivity (Wildman–Crippen MR) is 86.4 cm³/mol. The monoisotopic (exact) mass is 263 g/mol. The summed E-state index contributed by atoms with van der Waals surface area (Å²) in [6, 6.07) is 17.1. The number of nitrogens with two attached hydrogens (primary N) is 1. The van der Waals surface area contributed by atoms with Crippen molar-refractivity contribution in [3.8, 4) is 23.0 Å². The third-order valence-corrected chi connectivity index (χ3v) is 3.21. The van der Waals surface area contributed by atoms with Gasteiger partial charge in [-0.1, -0.05) is 55.2 Å². The van der Waals surface area contributed by atoms with Crippen LogP contribution in [0.4, 0.5) is 0 Å². The van der Waals surface area contributed by atoms with Gasteiger partial charge in [0.15, 0.2) is 0 Å². The Hall–Kier alpha value is -2.04. The highest BCUT2D eigenvalue weighted by Crippen LogP contribution is 2.20. The summed E-state index contributed by atoms with van der Waals surface area (Å²) in [6.45, 7) is 2.84. The van der Waals surface area contributed by atoms with Gasteiger partial charge in [0.2, 0.25) is 0 Å². The van der Waals surface area contributed by atoms with E-state index >= 15 is 0 Å². The molecule has 0 radical (unpaired) electrons. The second-order valence-electron chi connectivity index (χ2n) is 4.86. The molecule has 102 valence electrons. The van der Waals surface area contributed by atoms with Gasteiger partial charge in [-0.25, -0.2) is 0 Å². The molecule has 0 unspecified atom stereocenters. The van der Waals surface area contributed by atoms with Crippen LogP contribution in [-0.2, 0) is 6.42 Å². The summed E-state index contributed by atoms with van der Waals surface area (Å²) < 4.78 is 0. The summed E-state index contributed by atoms with van der Waals surface area (Å²) in [7, 11) is 0. The van der Waals surface area contributed by atoms with E-state index in [-0.39, 0.29) is 0 Å². The molecule has 0 aliphatic rings. The minimum absolute atomic E-state index is 0.699. The number of hydrogen-bond acceptors (Lipinski definition) is 1. The van der Waals surface area contributed by atoms with Crippen LogP contribution in [0.25, 0.3) is 11.1 Å². The SMILES string of the molecule is CCCC#Cc1ccc(-c2ccc(CCN)cc2)cc1. The molecule has 0 aliphatic heterocycles. The van der Waals surface area contributed by atoms with Crippen LogP contribution in [0, 0.1) is 11.8 Å². The maximum atomic E-state index is 5.56. The minimum atomic E-state index is 0.699. The Bertz CT molecular complexity index is 582. The molecule has 2 rings (SSSR count). The van der Waals surface area contributed by atoms with Gasteiger partial charge in [-0.15, -0.1) is 0 Å². The fourth-order valence-electron chi connectivity index (χ4n) is 2.07. The Kier molecular flexibility index (Phi) is 5.41. The molecule has 0 spiro atoms. The van der Waals surface area contributed by atoms with E-state index in [1.807, 2.05) is 0 Å². The van der Waals surface area contributed by atoms with Crippen LogP contribution in [0.5, 0.6) is 0 Å². The zero-order chi connectivity index (χ0) is 14.2. The third kappa shape index (κ3) is 3.98. The quantitative estimate of drug-likeness (QED) is 0.829. The molecule has 0 aliphatic carbocycles. The lowest BCUT2D eigenvalue weighted by atomic mass is 10.0. The molecule has 0 atom stereocenters. The summed E-state index contributed by atoms with van der Waals surface area (Å²) in [5, 5.41) is 0. The van der Waals surface area contributed by atoms with Crippen LogP contribution in [0.2, 0.25) is 0 Å². The predicted octanol–water partition coefficient (Wildman–Crippen LogP) is 4.01. The first-order valence-electron chi connectivity index (χ1n) is 7.22. The molecule has 0 bridgehead atoms. The Morgan fingerprint density at radius 1 is 0.900 bits per heavy atom. The molecule has 1 nitrogen and oxygen atoms in total. The Morgan fingerprint density at radius 2 is 1.50 bits per heavy atom. The van der Waals surface area contributed by atoms with E-state index in [0.29, 0.717) is 6.54 Å².